The Labute approximate surface area is 119 Å². The van der Waals surface area contributed by atoms with Gasteiger partial charge in [-0.1, -0.05) is 60.7 Å². The third-order valence-electron chi connectivity index (χ3n) is 4.39. The summed E-state index contributed by atoms with van der Waals surface area (Å²) in [6, 6.07) is 22.3. The van der Waals surface area contributed by atoms with Crippen LogP contribution < -0.4 is 0 Å². The summed E-state index contributed by atoms with van der Waals surface area (Å²) in [7, 11) is 0. The van der Waals surface area contributed by atoms with Crippen molar-refractivity contribution in [1.29, 1.82) is 0 Å². The average molecular weight is 262 g/mol. The molecule has 4 rings (SSSR count). The van der Waals surface area contributed by atoms with Crippen molar-refractivity contribution in [2.24, 2.45) is 4.99 Å². The van der Waals surface area contributed by atoms with Crippen molar-refractivity contribution in [3.05, 3.63) is 71.8 Å². The zero-order chi connectivity index (χ0) is 13.4. The molecule has 2 aromatic carbocycles. The number of amidine groups is 1. The highest BCUT2D eigenvalue weighted by molar-refractivity contribution is 5.86. The molecule has 2 heterocycles. The highest BCUT2D eigenvalue weighted by atomic mass is 15.3. The molecule has 0 unspecified atom stereocenters. The lowest BCUT2D eigenvalue weighted by molar-refractivity contribution is 0.347. The van der Waals surface area contributed by atoms with Crippen molar-refractivity contribution in [1.82, 2.24) is 4.90 Å². The van der Waals surface area contributed by atoms with Crippen LogP contribution in [0.25, 0.3) is 0 Å². The second-order valence-corrected chi connectivity index (χ2v) is 5.59. The predicted molar refractivity (Wildman–Crippen MR) is 81.7 cm³/mol. The number of aliphatic imine (C=N–C) groups is 1. The van der Waals surface area contributed by atoms with Crippen LogP contribution in [-0.4, -0.2) is 17.3 Å². The van der Waals surface area contributed by atoms with Crippen molar-refractivity contribution in [2.45, 2.75) is 24.9 Å². The molecule has 2 nitrogen and oxygen atoms in total. The maximum Gasteiger partial charge on any atom is 0.100 e. The van der Waals surface area contributed by atoms with Crippen LogP contribution in [0.15, 0.2) is 65.7 Å². The van der Waals surface area contributed by atoms with Gasteiger partial charge in [0.15, 0.2) is 0 Å². The van der Waals surface area contributed by atoms with Crippen molar-refractivity contribution in [3.8, 4) is 0 Å². The Morgan fingerprint density at radius 3 is 2.20 bits per heavy atom. The van der Waals surface area contributed by atoms with Crippen molar-refractivity contribution < 1.29 is 0 Å². The van der Waals surface area contributed by atoms with E-state index in [1.54, 1.807) is 0 Å². The largest absolute Gasteiger partial charge is 0.351 e. The molecule has 0 saturated carbocycles. The van der Waals surface area contributed by atoms with Crippen LogP contribution in [0.5, 0.6) is 0 Å². The monoisotopic (exact) mass is 262 g/mol. The highest BCUT2D eigenvalue weighted by Gasteiger charge is 2.36. The first-order chi connectivity index (χ1) is 9.92. The van der Waals surface area contributed by atoms with E-state index < -0.39 is 0 Å². The molecule has 1 fully saturated rings. The lowest BCUT2D eigenvalue weighted by Gasteiger charge is -2.24. The first-order valence-corrected chi connectivity index (χ1v) is 7.35. The Kier molecular flexibility index (Phi) is 2.80. The molecule has 20 heavy (non-hydrogen) atoms. The minimum Gasteiger partial charge on any atom is -0.351 e. The third kappa shape index (κ3) is 1.92. The molecular weight excluding hydrogens is 244 g/mol. The van der Waals surface area contributed by atoms with Gasteiger partial charge >= 0.3 is 0 Å². The Hall–Kier alpha value is -2.09. The quantitative estimate of drug-likeness (QED) is 0.799. The van der Waals surface area contributed by atoms with Crippen molar-refractivity contribution in [2.75, 3.05) is 6.54 Å². The van der Waals surface area contributed by atoms with E-state index in [1.807, 2.05) is 0 Å². The Morgan fingerprint density at radius 1 is 0.850 bits per heavy atom. The number of nitrogens with zero attached hydrogens (tertiary/aromatic N) is 2. The summed E-state index contributed by atoms with van der Waals surface area (Å²) < 4.78 is 0. The van der Waals surface area contributed by atoms with Crippen molar-refractivity contribution in [3.63, 3.8) is 0 Å². The molecule has 2 aliphatic heterocycles. The van der Waals surface area contributed by atoms with Gasteiger partial charge in [0, 0.05) is 13.0 Å². The molecule has 2 aromatic rings. The standard InChI is InChI=1S/C18H18N2/c1-3-7-14(8-4-1)16-13-20-17(11-12-18(20)19-16)15-9-5-2-6-10-15/h1-10,16-17H,11-13H2/t16-,17-/m0/s1. The molecule has 2 aliphatic rings. The first-order valence-electron chi connectivity index (χ1n) is 7.35. The molecule has 0 amide bonds. The lowest BCUT2D eigenvalue weighted by atomic mass is 10.0. The molecule has 2 heteroatoms. The fourth-order valence-corrected chi connectivity index (χ4v) is 3.40. The number of hydrogen-bond donors (Lipinski definition) is 0. The molecule has 100 valence electrons. The van der Waals surface area contributed by atoms with E-state index in [0.717, 1.165) is 13.0 Å². The van der Waals surface area contributed by atoms with E-state index in [1.165, 1.54) is 23.4 Å². The van der Waals surface area contributed by atoms with E-state index in [-0.39, 0.29) is 0 Å². The van der Waals surface area contributed by atoms with Gasteiger partial charge in [0.05, 0.1) is 12.1 Å². The SMILES string of the molecule is c1ccc([C@@H]2CN3C(=N2)CC[C@H]3c2ccccc2)cc1. The Morgan fingerprint density at radius 2 is 1.50 bits per heavy atom. The van der Waals surface area contributed by atoms with Gasteiger partial charge in [-0.15, -0.1) is 0 Å². The molecule has 1 saturated heterocycles. The average Bonchev–Trinajstić information content (AvgIpc) is 3.09. The summed E-state index contributed by atoms with van der Waals surface area (Å²) in [5.41, 5.74) is 2.76. The third-order valence-corrected chi connectivity index (χ3v) is 4.39. The van der Waals surface area contributed by atoms with E-state index in [4.69, 9.17) is 4.99 Å². The number of rotatable bonds is 2. The van der Waals surface area contributed by atoms with Gasteiger partial charge in [0.2, 0.25) is 0 Å². The van der Waals surface area contributed by atoms with Crippen LogP contribution in [0, 0.1) is 0 Å². The highest BCUT2D eigenvalue weighted by Crippen LogP contribution is 2.39. The van der Waals surface area contributed by atoms with Gasteiger partial charge in [0.1, 0.15) is 5.84 Å². The van der Waals surface area contributed by atoms with Crippen LogP contribution >= 0.6 is 0 Å². The number of hydrogen-bond acceptors (Lipinski definition) is 2. The second kappa shape index (κ2) is 4.78. The van der Waals surface area contributed by atoms with Crippen molar-refractivity contribution >= 4 is 5.84 Å². The molecule has 0 bridgehead atoms. The molecule has 0 aromatic heterocycles. The second-order valence-electron chi connectivity index (χ2n) is 5.59. The molecule has 0 spiro atoms. The zero-order valence-electron chi connectivity index (χ0n) is 11.4. The van der Waals surface area contributed by atoms with Gasteiger partial charge < -0.3 is 4.90 Å². The van der Waals surface area contributed by atoms with Crippen LogP contribution in [-0.2, 0) is 0 Å². The predicted octanol–water partition coefficient (Wildman–Crippen LogP) is 3.98. The summed E-state index contributed by atoms with van der Waals surface area (Å²) in [6.45, 7) is 1.03. The summed E-state index contributed by atoms with van der Waals surface area (Å²) in [5, 5.41) is 0. The normalized spacial score (nSPS) is 24.6. The topological polar surface area (TPSA) is 15.6 Å². The lowest BCUT2D eigenvalue weighted by Crippen LogP contribution is -2.25. The number of benzene rings is 2. The minimum atomic E-state index is 0.317. The van der Waals surface area contributed by atoms with E-state index >= 15 is 0 Å². The van der Waals surface area contributed by atoms with Gasteiger partial charge in [-0.2, -0.15) is 0 Å². The molecule has 0 aliphatic carbocycles. The fraction of sp³-hybridized carbons (Fsp3) is 0.278. The summed E-state index contributed by atoms with van der Waals surface area (Å²) in [4.78, 5) is 7.45. The van der Waals surface area contributed by atoms with Crippen LogP contribution in [0.1, 0.15) is 36.1 Å². The summed E-state index contributed by atoms with van der Waals surface area (Å²) in [6.07, 6.45) is 2.31. The summed E-state index contributed by atoms with van der Waals surface area (Å²) in [5.74, 6) is 1.30. The maximum absolute atomic E-state index is 4.94. The Balaban J connectivity index is 1.60. The smallest absolute Gasteiger partial charge is 0.100 e. The number of fused-ring (bicyclic) bond motifs is 1. The molecular formula is C18H18N2. The van der Waals surface area contributed by atoms with Gasteiger partial charge in [-0.05, 0) is 17.5 Å². The maximum atomic E-state index is 4.94. The van der Waals surface area contributed by atoms with Crippen LogP contribution in [0.4, 0.5) is 0 Å². The molecule has 2 atom stereocenters. The van der Waals surface area contributed by atoms with Gasteiger partial charge in [-0.3, -0.25) is 4.99 Å². The van der Waals surface area contributed by atoms with Gasteiger partial charge in [0.25, 0.3) is 0 Å². The summed E-state index contributed by atoms with van der Waals surface area (Å²) >= 11 is 0. The fourth-order valence-electron chi connectivity index (χ4n) is 3.40. The van der Waals surface area contributed by atoms with Crippen LogP contribution in [0.2, 0.25) is 0 Å². The first kappa shape index (κ1) is 11.7. The van der Waals surface area contributed by atoms with Gasteiger partial charge in [-0.25, -0.2) is 0 Å². The van der Waals surface area contributed by atoms with E-state index in [0.29, 0.717) is 12.1 Å². The Bertz CT molecular complexity index is 618. The minimum absolute atomic E-state index is 0.317. The van der Waals surface area contributed by atoms with E-state index in [9.17, 15) is 0 Å². The molecule has 0 radical (unpaired) electrons. The molecule has 0 N–H and O–H groups in total. The zero-order valence-corrected chi connectivity index (χ0v) is 11.4. The van der Waals surface area contributed by atoms with Crippen LogP contribution in [0.3, 0.4) is 0 Å². The van der Waals surface area contributed by atoms with E-state index in [2.05, 4.69) is 65.6 Å².